The van der Waals surface area contributed by atoms with Crippen LogP contribution in [0.15, 0.2) is 30.3 Å². The molecule has 0 amide bonds. The van der Waals surface area contributed by atoms with Crippen LogP contribution in [0.2, 0.25) is 0 Å². The van der Waals surface area contributed by atoms with Gasteiger partial charge in [0.1, 0.15) is 6.10 Å². The highest BCUT2D eigenvalue weighted by atomic mass is 16.6. The fourth-order valence-electron chi connectivity index (χ4n) is 2.39. The van der Waals surface area contributed by atoms with E-state index in [4.69, 9.17) is 9.47 Å². The van der Waals surface area contributed by atoms with Crippen molar-refractivity contribution in [3.63, 3.8) is 0 Å². The average molecular weight is 334 g/mol. The van der Waals surface area contributed by atoms with Crippen molar-refractivity contribution >= 4 is 17.7 Å². The Labute approximate surface area is 141 Å². The van der Waals surface area contributed by atoms with Crippen LogP contribution in [0.3, 0.4) is 0 Å². The third-order valence-electron chi connectivity index (χ3n) is 3.77. The first-order valence-corrected chi connectivity index (χ1v) is 7.98. The van der Waals surface area contributed by atoms with Gasteiger partial charge in [-0.1, -0.05) is 12.1 Å². The summed E-state index contributed by atoms with van der Waals surface area (Å²) in [5.74, 6) is -0.448. The monoisotopic (exact) mass is 334 g/mol. The van der Waals surface area contributed by atoms with E-state index < -0.39 is 10.9 Å². The number of non-ortho nitro benzene ring substituents is 1. The summed E-state index contributed by atoms with van der Waals surface area (Å²) in [5, 5.41) is 10.7. The SMILES string of the molecule is CC(CCN1CCOCC1)OC(=O)/C=C/c1cccc([N+](=O)[O-])c1. The van der Waals surface area contributed by atoms with Crippen LogP contribution in [-0.2, 0) is 14.3 Å². The molecule has 1 heterocycles. The van der Waals surface area contributed by atoms with Gasteiger partial charge in [0.15, 0.2) is 0 Å². The molecule has 1 aromatic rings. The Balaban J connectivity index is 1.77. The zero-order chi connectivity index (χ0) is 17.4. The van der Waals surface area contributed by atoms with Crippen LogP contribution in [0, 0.1) is 10.1 Å². The van der Waals surface area contributed by atoms with Crippen LogP contribution < -0.4 is 0 Å². The van der Waals surface area contributed by atoms with E-state index in [-0.39, 0.29) is 11.8 Å². The molecule has 1 aliphatic rings. The molecular formula is C17H22N2O5. The maximum Gasteiger partial charge on any atom is 0.331 e. The zero-order valence-electron chi connectivity index (χ0n) is 13.7. The van der Waals surface area contributed by atoms with E-state index in [1.54, 1.807) is 12.1 Å². The Kier molecular flexibility index (Phi) is 6.89. The van der Waals surface area contributed by atoms with Crippen molar-refractivity contribution in [1.29, 1.82) is 0 Å². The van der Waals surface area contributed by atoms with Gasteiger partial charge in [0.25, 0.3) is 5.69 Å². The Hall–Kier alpha value is -2.25. The van der Waals surface area contributed by atoms with E-state index in [9.17, 15) is 14.9 Å². The number of esters is 1. The highest BCUT2D eigenvalue weighted by molar-refractivity contribution is 5.87. The number of carbonyl (C=O) groups is 1. The second kappa shape index (κ2) is 9.14. The summed E-state index contributed by atoms with van der Waals surface area (Å²) in [5.41, 5.74) is 0.575. The molecule has 0 spiro atoms. The van der Waals surface area contributed by atoms with Gasteiger partial charge < -0.3 is 9.47 Å². The van der Waals surface area contributed by atoms with Crippen LogP contribution >= 0.6 is 0 Å². The Bertz CT molecular complexity index is 596. The zero-order valence-corrected chi connectivity index (χ0v) is 13.7. The van der Waals surface area contributed by atoms with Crippen molar-refractivity contribution in [3.05, 3.63) is 46.0 Å². The van der Waals surface area contributed by atoms with Crippen molar-refractivity contribution in [2.45, 2.75) is 19.4 Å². The van der Waals surface area contributed by atoms with Crippen molar-refractivity contribution < 1.29 is 19.2 Å². The van der Waals surface area contributed by atoms with Gasteiger partial charge >= 0.3 is 5.97 Å². The second-order valence-electron chi connectivity index (χ2n) is 5.68. The van der Waals surface area contributed by atoms with Gasteiger partial charge in [0.2, 0.25) is 0 Å². The lowest BCUT2D eigenvalue weighted by molar-refractivity contribution is -0.384. The standard InChI is InChI=1S/C17H22N2O5/c1-14(7-8-18-9-11-23-12-10-18)24-17(20)6-5-15-3-2-4-16(13-15)19(21)22/h2-6,13-14H,7-12H2,1H3/b6-5+. The quantitative estimate of drug-likeness (QED) is 0.329. The Morgan fingerprint density at radius 1 is 1.46 bits per heavy atom. The van der Waals surface area contributed by atoms with Gasteiger partial charge in [0, 0.05) is 37.8 Å². The van der Waals surface area contributed by atoms with Gasteiger partial charge in [-0.25, -0.2) is 4.79 Å². The normalized spacial score (nSPS) is 16.9. The molecule has 7 heteroatoms. The molecule has 1 unspecified atom stereocenters. The number of carbonyl (C=O) groups excluding carboxylic acids is 1. The van der Waals surface area contributed by atoms with Crippen molar-refractivity contribution in [1.82, 2.24) is 4.90 Å². The maximum atomic E-state index is 11.8. The molecule has 0 aromatic heterocycles. The molecular weight excluding hydrogens is 312 g/mol. The number of nitro benzene ring substituents is 1. The molecule has 0 saturated carbocycles. The first-order chi connectivity index (χ1) is 11.5. The molecule has 0 radical (unpaired) electrons. The van der Waals surface area contributed by atoms with E-state index in [0.717, 1.165) is 39.3 Å². The largest absolute Gasteiger partial charge is 0.459 e. The van der Waals surface area contributed by atoms with Crippen LogP contribution in [0.5, 0.6) is 0 Å². The number of morpholine rings is 1. The van der Waals surface area contributed by atoms with E-state index in [1.165, 1.54) is 24.3 Å². The fraction of sp³-hybridized carbons (Fsp3) is 0.471. The number of nitrogens with zero attached hydrogens (tertiary/aromatic N) is 2. The first kappa shape index (κ1) is 18.1. The van der Waals surface area contributed by atoms with E-state index >= 15 is 0 Å². The summed E-state index contributed by atoms with van der Waals surface area (Å²) in [4.78, 5) is 24.4. The summed E-state index contributed by atoms with van der Waals surface area (Å²) < 4.78 is 10.6. The van der Waals surface area contributed by atoms with E-state index in [2.05, 4.69) is 4.90 Å². The summed E-state index contributed by atoms with van der Waals surface area (Å²) in [6.07, 6.45) is 3.39. The molecule has 1 fully saturated rings. The minimum atomic E-state index is -0.469. The molecule has 1 saturated heterocycles. The number of hydrogen-bond donors (Lipinski definition) is 0. The third kappa shape index (κ3) is 6.10. The lowest BCUT2D eigenvalue weighted by atomic mass is 10.2. The number of benzene rings is 1. The Morgan fingerprint density at radius 2 is 2.21 bits per heavy atom. The van der Waals surface area contributed by atoms with Gasteiger partial charge in [-0.3, -0.25) is 15.0 Å². The van der Waals surface area contributed by atoms with E-state index in [1.807, 2.05) is 6.92 Å². The van der Waals surface area contributed by atoms with Gasteiger partial charge in [-0.05, 0) is 25.0 Å². The second-order valence-corrected chi connectivity index (χ2v) is 5.68. The lowest BCUT2D eigenvalue weighted by Gasteiger charge is -2.27. The van der Waals surface area contributed by atoms with Crippen molar-refractivity contribution in [2.24, 2.45) is 0 Å². The first-order valence-electron chi connectivity index (χ1n) is 7.98. The average Bonchev–Trinajstić information content (AvgIpc) is 2.59. The molecule has 1 aliphatic heterocycles. The predicted octanol–water partition coefficient (Wildman–Crippen LogP) is 2.26. The van der Waals surface area contributed by atoms with Gasteiger partial charge in [-0.15, -0.1) is 0 Å². The smallest absolute Gasteiger partial charge is 0.331 e. The highest BCUT2D eigenvalue weighted by Gasteiger charge is 2.13. The number of hydrogen-bond acceptors (Lipinski definition) is 6. The summed E-state index contributed by atoms with van der Waals surface area (Å²) >= 11 is 0. The van der Waals surface area contributed by atoms with Crippen molar-refractivity contribution in [3.8, 4) is 0 Å². The number of rotatable bonds is 7. The van der Waals surface area contributed by atoms with Crippen LogP contribution in [0.1, 0.15) is 18.9 Å². The number of ether oxygens (including phenoxy) is 2. The summed E-state index contributed by atoms with van der Waals surface area (Å²) in [6.45, 7) is 6.05. The molecule has 24 heavy (non-hydrogen) atoms. The predicted molar refractivity (Wildman–Crippen MR) is 89.6 cm³/mol. The molecule has 0 bridgehead atoms. The highest BCUT2D eigenvalue weighted by Crippen LogP contribution is 2.14. The maximum absolute atomic E-state index is 11.8. The number of nitro groups is 1. The molecule has 1 aromatic carbocycles. The minimum absolute atomic E-state index is 0.00982. The minimum Gasteiger partial charge on any atom is -0.459 e. The van der Waals surface area contributed by atoms with Crippen LogP contribution in [0.4, 0.5) is 5.69 Å². The molecule has 1 atom stereocenters. The molecule has 0 N–H and O–H groups in total. The lowest BCUT2D eigenvalue weighted by Crippen LogP contribution is -2.38. The van der Waals surface area contributed by atoms with Gasteiger partial charge in [-0.2, -0.15) is 0 Å². The molecule has 130 valence electrons. The van der Waals surface area contributed by atoms with Crippen LogP contribution in [-0.4, -0.2) is 54.7 Å². The van der Waals surface area contributed by atoms with E-state index in [0.29, 0.717) is 5.56 Å². The topological polar surface area (TPSA) is 81.9 Å². The fourth-order valence-corrected chi connectivity index (χ4v) is 2.39. The summed E-state index contributed by atoms with van der Waals surface area (Å²) in [7, 11) is 0. The summed E-state index contributed by atoms with van der Waals surface area (Å²) in [6, 6.07) is 6.09. The van der Waals surface area contributed by atoms with Gasteiger partial charge in [0.05, 0.1) is 18.1 Å². The van der Waals surface area contributed by atoms with Crippen molar-refractivity contribution in [2.75, 3.05) is 32.8 Å². The molecule has 7 nitrogen and oxygen atoms in total. The molecule has 0 aliphatic carbocycles. The Morgan fingerprint density at radius 3 is 2.92 bits per heavy atom. The molecule has 2 rings (SSSR count). The third-order valence-corrected chi connectivity index (χ3v) is 3.77. The van der Waals surface area contributed by atoms with Crippen LogP contribution in [0.25, 0.3) is 6.08 Å².